The molecule has 0 saturated carbocycles. The van der Waals surface area contributed by atoms with Crippen LogP contribution in [0, 0.1) is 6.92 Å². The van der Waals surface area contributed by atoms with Crippen LogP contribution in [-0.4, -0.2) is 30.6 Å². The number of hydrogen-bond acceptors (Lipinski definition) is 4. The Morgan fingerprint density at radius 2 is 2.14 bits per heavy atom. The normalized spacial score (nSPS) is 10.9. The molecule has 0 unspecified atom stereocenters. The first-order valence-electron chi connectivity index (χ1n) is 6.84. The number of nitrogens with one attached hydrogen (secondary N) is 2. The minimum Gasteiger partial charge on any atom is -0.334 e. The smallest absolute Gasteiger partial charge is 0.319 e. The van der Waals surface area contributed by atoms with Crippen molar-refractivity contribution in [1.82, 2.24) is 29.9 Å². The van der Waals surface area contributed by atoms with Gasteiger partial charge in [-0.15, -0.1) is 0 Å². The average Bonchev–Trinajstić information content (AvgIpc) is 3.01. The predicted octanol–water partition coefficient (Wildman–Crippen LogP) is 1.33. The summed E-state index contributed by atoms with van der Waals surface area (Å²) in [6, 6.07) is 1.58. The van der Waals surface area contributed by atoms with Gasteiger partial charge in [-0.25, -0.2) is 9.78 Å². The van der Waals surface area contributed by atoms with E-state index in [9.17, 15) is 4.79 Å². The molecule has 0 fully saturated rings. The molecule has 3 heterocycles. The maximum absolute atomic E-state index is 11.9. The summed E-state index contributed by atoms with van der Waals surface area (Å²) in [5, 5.41) is 14.8. The van der Waals surface area contributed by atoms with E-state index < -0.39 is 0 Å². The zero-order valence-electron chi connectivity index (χ0n) is 12.7. The fraction of sp³-hybridized carbons (Fsp3) is 0.286. The fourth-order valence-electron chi connectivity index (χ4n) is 2.30. The summed E-state index contributed by atoms with van der Waals surface area (Å²) in [7, 11) is 3.68. The number of urea groups is 1. The Morgan fingerprint density at radius 3 is 2.86 bits per heavy atom. The fourth-order valence-corrected chi connectivity index (χ4v) is 2.30. The van der Waals surface area contributed by atoms with E-state index in [0.717, 1.165) is 22.3 Å². The quantitative estimate of drug-likeness (QED) is 0.763. The molecule has 0 aromatic carbocycles. The summed E-state index contributed by atoms with van der Waals surface area (Å²) in [5.41, 5.74) is 3.24. The summed E-state index contributed by atoms with van der Waals surface area (Å²) >= 11 is 0. The van der Waals surface area contributed by atoms with Crippen LogP contribution in [0.3, 0.4) is 0 Å². The highest BCUT2D eigenvalue weighted by molar-refractivity contribution is 5.91. The molecule has 3 aromatic rings. The summed E-state index contributed by atoms with van der Waals surface area (Å²) < 4.78 is 3.41. The zero-order chi connectivity index (χ0) is 15.7. The maximum atomic E-state index is 11.9. The van der Waals surface area contributed by atoms with Crippen molar-refractivity contribution in [3.8, 4) is 0 Å². The number of hydrogen-bond donors (Lipinski definition) is 2. The van der Waals surface area contributed by atoms with Crippen LogP contribution in [0.5, 0.6) is 0 Å². The van der Waals surface area contributed by atoms with E-state index in [1.54, 1.807) is 21.8 Å². The average molecular weight is 299 g/mol. The van der Waals surface area contributed by atoms with Crippen molar-refractivity contribution in [3.05, 3.63) is 35.9 Å². The van der Waals surface area contributed by atoms with Gasteiger partial charge in [0.25, 0.3) is 0 Å². The Kier molecular flexibility index (Phi) is 3.50. The number of rotatable bonds is 3. The molecule has 0 aliphatic heterocycles. The molecular formula is C14H17N7O. The van der Waals surface area contributed by atoms with Crippen LogP contribution >= 0.6 is 0 Å². The standard InChI is InChI=1S/C14H17N7O/c1-9-12-4-11(7-15-13(12)21(3)19-9)18-14(22)16-5-10-6-17-20(2)8-10/h4,6-8H,5H2,1-3H3,(H2,16,18,22). The Hall–Kier alpha value is -2.90. The van der Waals surface area contributed by atoms with Gasteiger partial charge in [-0.3, -0.25) is 9.36 Å². The molecule has 114 valence electrons. The summed E-state index contributed by atoms with van der Waals surface area (Å²) in [6.07, 6.45) is 5.19. The number of aromatic nitrogens is 5. The van der Waals surface area contributed by atoms with Crippen LogP contribution in [0.4, 0.5) is 10.5 Å². The van der Waals surface area contributed by atoms with Crippen molar-refractivity contribution < 1.29 is 4.79 Å². The molecule has 0 radical (unpaired) electrons. The molecule has 2 N–H and O–H groups in total. The molecule has 8 nitrogen and oxygen atoms in total. The van der Waals surface area contributed by atoms with Gasteiger partial charge in [-0.2, -0.15) is 10.2 Å². The van der Waals surface area contributed by atoms with E-state index in [1.807, 2.05) is 33.3 Å². The third kappa shape index (κ3) is 2.76. The minimum absolute atomic E-state index is 0.286. The number of nitrogens with zero attached hydrogens (tertiary/aromatic N) is 5. The topological polar surface area (TPSA) is 89.7 Å². The van der Waals surface area contributed by atoms with Gasteiger partial charge in [-0.1, -0.05) is 0 Å². The van der Waals surface area contributed by atoms with Crippen LogP contribution in [-0.2, 0) is 20.6 Å². The Labute approximate surface area is 127 Å². The molecule has 3 aromatic heterocycles. The maximum Gasteiger partial charge on any atom is 0.319 e. The Balaban J connectivity index is 1.67. The minimum atomic E-state index is -0.286. The number of carbonyl (C=O) groups excluding carboxylic acids is 1. The predicted molar refractivity (Wildman–Crippen MR) is 82.3 cm³/mol. The molecule has 2 amide bonds. The summed E-state index contributed by atoms with van der Waals surface area (Å²) in [4.78, 5) is 16.2. The number of anilines is 1. The van der Waals surface area contributed by atoms with E-state index in [2.05, 4.69) is 25.8 Å². The molecule has 0 aliphatic rings. The summed E-state index contributed by atoms with van der Waals surface area (Å²) in [5.74, 6) is 0. The highest BCUT2D eigenvalue weighted by Crippen LogP contribution is 2.19. The van der Waals surface area contributed by atoms with Crippen molar-refractivity contribution in [2.45, 2.75) is 13.5 Å². The number of aryl methyl sites for hydroxylation is 3. The van der Waals surface area contributed by atoms with Crippen LogP contribution in [0.25, 0.3) is 11.0 Å². The van der Waals surface area contributed by atoms with Crippen molar-refractivity contribution in [3.63, 3.8) is 0 Å². The van der Waals surface area contributed by atoms with Crippen LogP contribution in [0.1, 0.15) is 11.3 Å². The van der Waals surface area contributed by atoms with Gasteiger partial charge >= 0.3 is 6.03 Å². The first-order valence-corrected chi connectivity index (χ1v) is 6.84. The third-order valence-corrected chi connectivity index (χ3v) is 3.33. The molecular weight excluding hydrogens is 282 g/mol. The SMILES string of the molecule is Cc1nn(C)c2ncc(NC(=O)NCc3cnn(C)c3)cc12. The second-order valence-electron chi connectivity index (χ2n) is 5.13. The van der Waals surface area contributed by atoms with E-state index in [0.29, 0.717) is 12.2 Å². The second kappa shape index (κ2) is 5.47. The van der Waals surface area contributed by atoms with Crippen LogP contribution in [0.15, 0.2) is 24.7 Å². The Morgan fingerprint density at radius 1 is 1.32 bits per heavy atom. The van der Waals surface area contributed by atoms with Gasteiger partial charge in [0.15, 0.2) is 5.65 Å². The largest absolute Gasteiger partial charge is 0.334 e. The molecule has 0 aliphatic carbocycles. The summed E-state index contributed by atoms with van der Waals surface area (Å²) in [6.45, 7) is 2.33. The lowest BCUT2D eigenvalue weighted by Crippen LogP contribution is -2.28. The molecule has 0 atom stereocenters. The van der Waals surface area contributed by atoms with Crippen molar-refractivity contribution >= 4 is 22.8 Å². The van der Waals surface area contributed by atoms with Gasteiger partial charge in [0.1, 0.15) is 0 Å². The molecule has 8 heteroatoms. The second-order valence-corrected chi connectivity index (χ2v) is 5.13. The van der Waals surface area contributed by atoms with Crippen LogP contribution < -0.4 is 10.6 Å². The lowest BCUT2D eigenvalue weighted by molar-refractivity contribution is 0.251. The molecule has 22 heavy (non-hydrogen) atoms. The Bertz CT molecular complexity index is 833. The van der Waals surface area contributed by atoms with E-state index in [4.69, 9.17) is 0 Å². The highest BCUT2D eigenvalue weighted by Gasteiger charge is 2.09. The van der Waals surface area contributed by atoms with Gasteiger partial charge in [0.05, 0.1) is 23.8 Å². The van der Waals surface area contributed by atoms with Crippen molar-refractivity contribution in [2.75, 3.05) is 5.32 Å². The zero-order valence-corrected chi connectivity index (χ0v) is 12.7. The monoisotopic (exact) mass is 299 g/mol. The first kappa shape index (κ1) is 14.1. The van der Waals surface area contributed by atoms with Gasteiger partial charge in [-0.05, 0) is 13.0 Å². The third-order valence-electron chi connectivity index (χ3n) is 3.33. The van der Waals surface area contributed by atoms with Crippen molar-refractivity contribution in [1.29, 1.82) is 0 Å². The molecule has 0 saturated heterocycles. The number of carbonyl (C=O) groups is 1. The highest BCUT2D eigenvalue weighted by atomic mass is 16.2. The van der Waals surface area contributed by atoms with Gasteiger partial charge in [0, 0.05) is 37.8 Å². The van der Waals surface area contributed by atoms with Crippen molar-refractivity contribution in [2.24, 2.45) is 14.1 Å². The molecule has 3 rings (SSSR count). The molecule has 0 spiro atoms. The number of fused-ring (bicyclic) bond motifs is 1. The lowest BCUT2D eigenvalue weighted by atomic mass is 10.2. The number of amides is 2. The first-order chi connectivity index (χ1) is 10.5. The van der Waals surface area contributed by atoms with Crippen LogP contribution in [0.2, 0.25) is 0 Å². The van der Waals surface area contributed by atoms with Gasteiger partial charge in [0.2, 0.25) is 0 Å². The number of pyridine rings is 1. The van der Waals surface area contributed by atoms with E-state index in [1.165, 1.54) is 0 Å². The lowest BCUT2D eigenvalue weighted by Gasteiger charge is -2.06. The molecule has 0 bridgehead atoms. The van der Waals surface area contributed by atoms with E-state index >= 15 is 0 Å². The van der Waals surface area contributed by atoms with Gasteiger partial charge < -0.3 is 10.6 Å². The van der Waals surface area contributed by atoms with E-state index in [-0.39, 0.29) is 6.03 Å².